The van der Waals surface area contributed by atoms with Crippen LogP contribution in [0.25, 0.3) is 20.7 Å². The Morgan fingerprint density at radius 2 is 1.91 bits per heavy atom. The molecule has 1 aliphatic rings. The highest BCUT2D eigenvalue weighted by atomic mass is 32.1. The summed E-state index contributed by atoms with van der Waals surface area (Å²) in [6, 6.07) is 15.2. The molecule has 0 fully saturated rings. The molecule has 0 spiro atoms. The Morgan fingerprint density at radius 3 is 2.72 bits per heavy atom. The lowest BCUT2D eigenvalue weighted by atomic mass is 10.1. The van der Waals surface area contributed by atoms with Crippen LogP contribution in [-0.2, 0) is 11.3 Å². The van der Waals surface area contributed by atoms with Crippen LogP contribution in [0.3, 0.4) is 0 Å². The van der Waals surface area contributed by atoms with Gasteiger partial charge in [0.25, 0.3) is 5.56 Å². The zero-order valence-corrected chi connectivity index (χ0v) is 18.3. The van der Waals surface area contributed by atoms with Crippen LogP contribution in [-0.4, -0.2) is 28.7 Å². The van der Waals surface area contributed by atoms with Crippen LogP contribution in [0.2, 0.25) is 0 Å². The molecular formula is C24H21N3O4S. The Kier molecular flexibility index (Phi) is 5.36. The number of anilines is 1. The topological polar surface area (TPSA) is 82.5 Å². The molecule has 7 nitrogen and oxygen atoms in total. The van der Waals surface area contributed by atoms with Crippen molar-refractivity contribution in [2.75, 3.05) is 18.5 Å². The second-order valence-electron chi connectivity index (χ2n) is 7.54. The van der Waals surface area contributed by atoms with Crippen molar-refractivity contribution < 1.29 is 14.3 Å². The first kappa shape index (κ1) is 20.3. The molecule has 0 unspecified atom stereocenters. The minimum absolute atomic E-state index is 0.133. The maximum Gasteiger partial charge on any atom is 0.262 e. The van der Waals surface area contributed by atoms with Gasteiger partial charge in [-0.2, -0.15) is 0 Å². The van der Waals surface area contributed by atoms with E-state index < -0.39 is 0 Å². The van der Waals surface area contributed by atoms with Gasteiger partial charge in [-0.15, -0.1) is 11.3 Å². The number of carbonyl (C=O) groups excluding carboxylic acids is 1. The van der Waals surface area contributed by atoms with Gasteiger partial charge in [-0.05, 0) is 30.2 Å². The number of nitrogens with one attached hydrogen (secondary N) is 1. The lowest BCUT2D eigenvalue weighted by Crippen LogP contribution is -2.27. The fourth-order valence-electron chi connectivity index (χ4n) is 3.73. The number of hydrogen-bond acceptors (Lipinski definition) is 6. The molecule has 162 valence electrons. The standard InChI is InChI=1S/C24H21N3O4S/c1-15-21-23(32-22(15)16-6-3-2-4-7-16)25-14-27(24(21)29)13-20(28)26-17-8-9-18-19(12-17)31-11-5-10-30-18/h2-4,6-9,12,14H,5,10-11,13H2,1H3,(H,26,28). The van der Waals surface area contributed by atoms with Gasteiger partial charge < -0.3 is 14.8 Å². The Labute approximate surface area is 188 Å². The number of hydrogen-bond donors (Lipinski definition) is 1. The van der Waals surface area contributed by atoms with E-state index in [0.29, 0.717) is 40.6 Å². The van der Waals surface area contributed by atoms with Gasteiger partial charge in [0.1, 0.15) is 11.4 Å². The van der Waals surface area contributed by atoms with E-state index in [2.05, 4.69) is 10.3 Å². The quantitative estimate of drug-likeness (QED) is 0.506. The van der Waals surface area contributed by atoms with Gasteiger partial charge in [-0.25, -0.2) is 4.98 Å². The minimum Gasteiger partial charge on any atom is -0.490 e. The number of nitrogens with zero attached hydrogens (tertiary/aromatic N) is 2. The average Bonchev–Trinajstić information content (AvgIpc) is 2.97. The summed E-state index contributed by atoms with van der Waals surface area (Å²) < 4.78 is 12.6. The van der Waals surface area contributed by atoms with Crippen LogP contribution < -0.4 is 20.3 Å². The molecule has 1 aliphatic heterocycles. The predicted molar refractivity (Wildman–Crippen MR) is 125 cm³/mol. The van der Waals surface area contributed by atoms with Crippen molar-refractivity contribution in [3.8, 4) is 21.9 Å². The molecular weight excluding hydrogens is 426 g/mol. The van der Waals surface area contributed by atoms with Gasteiger partial charge in [0, 0.05) is 23.1 Å². The summed E-state index contributed by atoms with van der Waals surface area (Å²) in [5.74, 6) is 0.940. The molecule has 5 rings (SSSR count). The second-order valence-corrected chi connectivity index (χ2v) is 8.54. The summed E-state index contributed by atoms with van der Waals surface area (Å²) >= 11 is 1.49. The molecule has 0 bridgehead atoms. The third-order valence-corrected chi connectivity index (χ3v) is 6.55. The van der Waals surface area contributed by atoms with Crippen LogP contribution in [0.5, 0.6) is 11.5 Å². The summed E-state index contributed by atoms with van der Waals surface area (Å²) in [5, 5.41) is 3.38. The molecule has 2 aromatic carbocycles. The number of carbonyl (C=O) groups is 1. The van der Waals surface area contributed by atoms with Crippen molar-refractivity contribution in [2.45, 2.75) is 19.9 Å². The van der Waals surface area contributed by atoms with Gasteiger partial charge in [0.15, 0.2) is 11.5 Å². The average molecular weight is 448 g/mol. The van der Waals surface area contributed by atoms with Crippen molar-refractivity contribution in [2.24, 2.45) is 0 Å². The van der Waals surface area contributed by atoms with E-state index >= 15 is 0 Å². The summed E-state index contributed by atoms with van der Waals surface area (Å²) in [6.07, 6.45) is 2.24. The van der Waals surface area contributed by atoms with Crippen LogP contribution in [0.15, 0.2) is 59.7 Å². The molecule has 0 atom stereocenters. The third-order valence-electron chi connectivity index (χ3n) is 5.30. The first-order valence-corrected chi connectivity index (χ1v) is 11.2. The molecule has 8 heteroatoms. The minimum atomic E-state index is -0.320. The summed E-state index contributed by atoms with van der Waals surface area (Å²) in [5.41, 5.74) is 2.29. The highest BCUT2D eigenvalue weighted by Crippen LogP contribution is 2.35. The van der Waals surface area contributed by atoms with E-state index in [1.54, 1.807) is 18.2 Å². The molecule has 3 heterocycles. The monoisotopic (exact) mass is 447 g/mol. The molecule has 0 aliphatic carbocycles. The number of aromatic nitrogens is 2. The number of amides is 1. The van der Waals surface area contributed by atoms with E-state index in [-0.39, 0.29) is 18.0 Å². The van der Waals surface area contributed by atoms with Crippen LogP contribution >= 0.6 is 11.3 Å². The van der Waals surface area contributed by atoms with E-state index in [1.807, 2.05) is 37.3 Å². The smallest absolute Gasteiger partial charge is 0.262 e. The molecule has 32 heavy (non-hydrogen) atoms. The Hall–Kier alpha value is -3.65. The molecule has 1 N–H and O–H groups in total. The number of aryl methyl sites for hydroxylation is 1. The fraction of sp³-hybridized carbons (Fsp3) is 0.208. The second kappa shape index (κ2) is 8.47. The Morgan fingerprint density at radius 1 is 1.12 bits per heavy atom. The van der Waals surface area contributed by atoms with E-state index in [4.69, 9.17) is 9.47 Å². The van der Waals surface area contributed by atoms with Crippen LogP contribution in [0.1, 0.15) is 12.0 Å². The molecule has 2 aromatic heterocycles. The van der Waals surface area contributed by atoms with Gasteiger partial charge in [-0.1, -0.05) is 30.3 Å². The number of benzene rings is 2. The van der Waals surface area contributed by atoms with E-state index in [0.717, 1.165) is 22.4 Å². The van der Waals surface area contributed by atoms with Crippen molar-refractivity contribution in [3.05, 3.63) is 70.8 Å². The normalized spacial score (nSPS) is 13.0. The van der Waals surface area contributed by atoms with E-state index in [1.165, 1.54) is 22.2 Å². The third kappa shape index (κ3) is 3.85. The highest BCUT2D eigenvalue weighted by molar-refractivity contribution is 7.22. The van der Waals surface area contributed by atoms with Crippen molar-refractivity contribution in [3.63, 3.8) is 0 Å². The summed E-state index contributed by atoms with van der Waals surface area (Å²) in [7, 11) is 0. The Bertz CT molecular complexity index is 1360. The maximum atomic E-state index is 13.1. The zero-order chi connectivity index (χ0) is 22.1. The number of thiophene rings is 1. The van der Waals surface area contributed by atoms with Crippen LogP contribution in [0, 0.1) is 6.92 Å². The summed E-state index contributed by atoms with van der Waals surface area (Å²) in [4.78, 5) is 31.9. The van der Waals surface area contributed by atoms with Gasteiger partial charge in [-0.3, -0.25) is 14.2 Å². The Balaban J connectivity index is 1.39. The molecule has 4 aromatic rings. The molecule has 0 saturated heterocycles. The SMILES string of the molecule is Cc1c(-c2ccccc2)sc2ncn(CC(=O)Nc3ccc4c(c3)OCCCO4)c(=O)c12. The molecule has 0 saturated carbocycles. The molecule has 1 amide bonds. The van der Waals surface area contributed by atoms with Crippen molar-refractivity contribution >= 4 is 33.1 Å². The number of ether oxygens (including phenoxy) is 2. The lowest BCUT2D eigenvalue weighted by molar-refractivity contribution is -0.116. The maximum absolute atomic E-state index is 13.1. The van der Waals surface area contributed by atoms with Crippen molar-refractivity contribution in [1.29, 1.82) is 0 Å². The lowest BCUT2D eigenvalue weighted by Gasteiger charge is -2.11. The first-order chi connectivity index (χ1) is 15.6. The number of rotatable bonds is 4. The number of fused-ring (bicyclic) bond motifs is 2. The zero-order valence-electron chi connectivity index (χ0n) is 17.5. The fourth-order valence-corrected chi connectivity index (χ4v) is 4.88. The van der Waals surface area contributed by atoms with E-state index in [9.17, 15) is 9.59 Å². The van der Waals surface area contributed by atoms with Gasteiger partial charge >= 0.3 is 0 Å². The molecule has 0 radical (unpaired) electrons. The summed E-state index contributed by atoms with van der Waals surface area (Å²) in [6.45, 7) is 2.96. The van der Waals surface area contributed by atoms with Gasteiger partial charge in [0.05, 0.1) is 24.9 Å². The highest BCUT2D eigenvalue weighted by Gasteiger charge is 2.17. The van der Waals surface area contributed by atoms with Crippen molar-refractivity contribution in [1.82, 2.24) is 9.55 Å². The van der Waals surface area contributed by atoms with Gasteiger partial charge in [0.2, 0.25) is 5.91 Å². The van der Waals surface area contributed by atoms with Crippen LogP contribution in [0.4, 0.5) is 5.69 Å². The largest absolute Gasteiger partial charge is 0.490 e. The predicted octanol–water partition coefficient (Wildman–Crippen LogP) is 4.23. The first-order valence-electron chi connectivity index (χ1n) is 10.3.